The summed E-state index contributed by atoms with van der Waals surface area (Å²) in [6.07, 6.45) is 0.406. The zero-order valence-electron chi connectivity index (χ0n) is 10.00. The highest BCUT2D eigenvalue weighted by molar-refractivity contribution is 8.00. The van der Waals surface area contributed by atoms with Crippen LogP contribution in [0.4, 0.5) is 10.1 Å². The van der Waals surface area contributed by atoms with Gasteiger partial charge in [-0.25, -0.2) is 9.18 Å². The molecule has 0 amide bonds. The number of benzene rings is 1. The van der Waals surface area contributed by atoms with Gasteiger partial charge in [0.1, 0.15) is 11.4 Å². The molecule has 8 heteroatoms. The van der Waals surface area contributed by atoms with Crippen LogP contribution in [0.15, 0.2) is 17.0 Å². The Morgan fingerprint density at radius 2 is 2.21 bits per heavy atom. The number of nitro groups is 1. The van der Waals surface area contributed by atoms with E-state index in [1.54, 1.807) is 6.92 Å². The Kier molecular flexibility index (Phi) is 5.25. The highest BCUT2D eigenvalue weighted by Gasteiger charge is 2.24. The number of carbonyl (C=O) groups is 1. The number of thioether (sulfide) groups is 1. The number of nitro benzene ring substituents is 1. The molecule has 1 unspecified atom stereocenters. The number of hydrogen-bond donors (Lipinski definition) is 2. The molecule has 0 spiro atoms. The maximum Gasteiger partial charge on any atom is 0.342 e. The Labute approximate surface area is 112 Å². The first-order chi connectivity index (χ1) is 8.86. The summed E-state index contributed by atoms with van der Waals surface area (Å²) in [5.74, 6) is -2.32. The first-order valence-electron chi connectivity index (χ1n) is 5.35. The van der Waals surface area contributed by atoms with Gasteiger partial charge in [-0.05, 0) is 12.5 Å². The second kappa shape index (κ2) is 6.48. The molecular weight excluding hydrogens is 277 g/mol. The molecule has 0 bridgehead atoms. The minimum Gasteiger partial charge on any atom is -0.477 e. The number of aromatic carboxylic acids is 1. The molecule has 0 aliphatic heterocycles. The molecule has 1 atom stereocenters. The smallest absolute Gasteiger partial charge is 0.342 e. The molecule has 0 aliphatic rings. The van der Waals surface area contributed by atoms with Crippen LogP contribution in [0.25, 0.3) is 0 Å². The minimum absolute atomic E-state index is 0.0175. The number of carboxylic acids is 1. The van der Waals surface area contributed by atoms with Crippen molar-refractivity contribution >= 4 is 23.4 Å². The zero-order valence-corrected chi connectivity index (χ0v) is 10.8. The van der Waals surface area contributed by atoms with Crippen LogP contribution in [0.1, 0.15) is 23.7 Å². The van der Waals surface area contributed by atoms with Crippen molar-refractivity contribution in [1.29, 1.82) is 0 Å². The van der Waals surface area contributed by atoms with Crippen LogP contribution in [0.5, 0.6) is 0 Å². The number of hydrogen-bond acceptors (Lipinski definition) is 5. The third-order valence-electron chi connectivity index (χ3n) is 2.34. The number of halogens is 1. The highest BCUT2D eigenvalue weighted by Crippen LogP contribution is 2.32. The lowest BCUT2D eigenvalue weighted by Crippen LogP contribution is -2.06. The van der Waals surface area contributed by atoms with Gasteiger partial charge < -0.3 is 10.2 Å². The van der Waals surface area contributed by atoms with Gasteiger partial charge in [-0.1, -0.05) is 6.92 Å². The molecule has 0 fully saturated rings. The molecule has 2 N–H and O–H groups in total. The maximum absolute atomic E-state index is 13.7. The molecule has 6 nitrogen and oxygen atoms in total. The van der Waals surface area contributed by atoms with Gasteiger partial charge in [-0.2, -0.15) is 0 Å². The lowest BCUT2D eigenvalue weighted by molar-refractivity contribution is -0.385. The van der Waals surface area contributed by atoms with Crippen molar-refractivity contribution in [2.45, 2.75) is 23.5 Å². The van der Waals surface area contributed by atoms with Gasteiger partial charge in [0.2, 0.25) is 0 Å². The molecular formula is C11H12FNO5S. The summed E-state index contributed by atoms with van der Waals surface area (Å²) in [5, 5.41) is 28.2. The number of nitrogens with zero attached hydrogens (tertiary/aromatic N) is 1. The highest BCUT2D eigenvalue weighted by atomic mass is 32.2. The van der Waals surface area contributed by atoms with E-state index in [-0.39, 0.29) is 16.8 Å². The Morgan fingerprint density at radius 1 is 1.58 bits per heavy atom. The van der Waals surface area contributed by atoms with Crippen LogP contribution in [-0.4, -0.2) is 33.0 Å². The van der Waals surface area contributed by atoms with Gasteiger partial charge in [0.15, 0.2) is 0 Å². The first-order valence-corrected chi connectivity index (χ1v) is 6.23. The van der Waals surface area contributed by atoms with Crippen LogP contribution in [-0.2, 0) is 0 Å². The van der Waals surface area contributed by atoms with Crippen molar-refractivity contribution in [2.75, 3.05) is 6.61 Å². The lowest BCUT2D eigenvalue weighted by atomic mass is 10.2. The second-order valence-corrected chi connectivity index (χ2v) is 5.28. The molecule has 0 aromatic heterocycles. The largest absolute Gasteiger partial charge is 0.477 e. The monoisotopic (exact) mass is 289 g/mol. The average Bonchev–Trinajstić information content (AvgIpc) is 2.31. The number of carboxylic acid groups (broad SMARTS) is 1. The van der Waals surface area contributed by atoms with Gasteiger partial charge in [0.05, 0.1) is 11.0 Å². The number of aliphatic hydroxyl groups is 1. The Balaban J connectivity index is 3.17. The van der Waals surface area contributed by atoms with Crippen LogP contribution >= 0.6 is 11.8 Å². The molecule has 1 aromatic carbocycles. The fraction of sp³-hybridized carbons (Fsp3) is 0.364. The molecule has 19 heavy (non-hydrogen) atoms. The normalized spacial score (nSPS) is 12.2. The van der Waals surface area contributed by atoms with Crippen LogP contribution in [0.2, 0.25) is 0 Å². The SMILES string of the molecule is CC(CCO)Sc1cc(C(=O)O)c([N+](=O)[O-])cc1F. The van der Waals surface area contributed by atoms with E-state index in [1.165, 1.54) is 0 Å². The van der Waals surface area contributed by atoms with Crippen LogP contribution < -0.4 is 0 Å². The maximum atomic E-state index is 13.7. The summed E-state index contributed by atoms with van der Waals surface area (Å²) in [7, 11) is 0. The summed E-state index contributed by atoms with van der Waals surface area (Å²) in [4.78, 5) is 20.7. The van der Waals surface area contributed by atoms with Crippen molar-refractivity contribution in [2.24, 2.45) is 0 Å². The quantitative estimate of drug-likeness (QED) is 0.473. The predicted molar refractivity (Wildman–Crippen MR) is 67.0 cm³/mol. The molecule has 1 aromatic rings. The van der Waals surface area contributed by atoms with Crippen LogP contribution in [0, 0.1) is 15.9 Å². The second-order valence-electron chi connectivity index (χ2n) is 3.80. The molecule has 1 rings (SSSR count). The van der Waals surface area contributed by atoms with Crippen LogP contribution in [0.3, 0.4) is 0 Å². The number of aliphatic hydroxyl groups excluding tert-OH is 1. The standard InChI is InChI=1S/C11H12FNO5S/c1-6(2-3-14)19-10-4-7(11(15)16)9(13(17)18)5-8(10)12/h4-6,14H,2-3H2,1H3,(H,15,16). The topological polar surface area (TPSA) is 101 Å². The average molecular weight is 289 g/mol. The minimum atomic E-state index is -1.48. The Bertz CT molecular complexity index is 508. The van der Waals surface area contributed by atoms with E-state index in [0.29, 0.717) is 12.5 Å². The van der Waals surface area contributed by atoms with Crippen molar-refractivity contribution in [3.8, 4) is 0 Å². The predicted octanol–water partition coefficient (Wildman–Crippen LogP) is 2.30. The van der Waals surface area contributed by atoms with Gasteiger partial charge >= 0.3 is 5.97 Å². The fourth-order valence-electron chi connectivity index (χ4n) is 1.41. The lowest BCUT2D eigenvalue weighted by Gasteiger charge is -2.10. The molecule has 104 valence electrons. The molecule has 0 radical (unpaired) electrons. The Morgan fingerprint density at radius 3 is 2.68 bits per heavy atom. The molecule has 0 aliphatic carbocycles. The van der Waals surface area contributed by atoms with E-state index in [1.807, 2.05) is 0 Å². The third kappa shape index (κ3) is 3.90. The Hall–Kier alpha value is -1.67. The van der Waals surface area contributed by atoms with Gasteiger partial charge in [-0.3, -0.25) is 10.1 Å². The van der Waals surface area contributed by atoms with E-state index in [4.69, 9.17) is 10.2 Å². The zero-order chi connectivity index (χ0) is 14.6. The molecule has 0 saturated heterocycles. The van der Waals surface area contributed by atoms with Crippen molar-refractivity contribution in [3.63, 3.8) is 0 Å². The first kappa shape index (κ1) is 15.4. The van der Waals surface area contributed by atoms with Gasteiger partial charge in [0, 0.05) is 16.8 Å². The number of rotatable bonds is 6. The molecule has 0 saturated carbocycles. The van der Waals surface area contributed by atoms with E-state index in [0.717, 1.165) is 17.8 Å². The summed E-state index contributed by atoms with van der Waals surface area (Å²) >= 11 is 1.03. The van der Waals surface area contributed by atoms with Crippen molar-refractivity contribution in [1.82, 2.24) is 0 Å². The summed E-state index contributed by atoms with van der Waals surface area (Å²) < 4.78 is 13.7. The van der Waals surface area contributed by atoms with E-state index < -0.39 is 28.0 Å². The third-order valence-corrected chi connectivity index (χ3v) is 3.55. The van der Waals surface area contributed by atoms with Crippen molar-refractivity contribution in [3.05, 3.63) is 33.6 Å². The van der Waals surface area contributed by atoms with Gasteiger partial charge in [0.25, 0.3) is 5.69 Å². The summed E-state index contributed by atoms with van der Waals surface area (Å²) in [5.41, 5.74) is -1.32. The van der Waals surface area contributed by atoms with Gasteiger partial charge in [-0.15, -0.1) is 11.8 Å². The van der Waals surface area contributed by atoms with E-state index >= 15 is 0 Å². The van der Waals surface area contributed by atoms with E-state index in [9.17, 15) is 19.3 Å². The summed E-state index contributed by atoms with van der Waals surface area (Å²) in [6, 6.07) is 1.56. The molecule has 0 heterocycles. The summed E-state index contributed by atoms with van der Waals surface area (Å²) in [6.45, 7) is 1.66. The van der Waals surface area contributed by atoms with E-state index in [2.05, 4.69) is 0 Å². The van der Waals surface area contributed by atoms with Crippen molar-refractivity contribution < 1.29 is 24.3 Å². The fourth-order valence-corrected chi connectivity index (χ4v) is 2.43.